The smallest absolute Gasteiger partial charge is 0.110 e. The van der Waals surface area contributed by atoms with Gasteiger partial charge in [-0.1, -0.05) is 6.42 Å². The van der Waals surface area contributed by atoms with E-state index in [2.05, 4.69) is 23.7 Å². The zero-order valence-electron chi connectivity index (χ0n) is 9.40. The van der Waals surface area contributed by atoms with E-state index < -0.39 is 0 Å². The lowest BCUT2D eigenvalue weighted by Gasteiger charge is -2.18. The highest BCUT2D eigenvalue weighted by Gasteiger charge is 2.25. The largest absolute Gasteiger partial charge is 0.308 e. The molecule has 1 aromatic heterocycles. The van der Waals surface area contributed by atoms with Gasteiger partial charge in [-0.2, -0.15) is 17.0 Å². The first kappa shape index (κ1) is 12.0. The van der Waals surface area contributed by atoms with Crippen LogP contribution in [0.25, 0.3) is 0 Å². The van der Waals surface area contributed by atoms with Crippen molar-refractivity contribution in [2.75, 3.05) is 6.26 Å². The van der Waals surface area contributed by atoms with E-state index in [1.54, 1.807) is 11.3 Å². The first-order valence-corrected chi connectivity index (χ1v) is 7.69. The second kappa shape index (κ2) is 5.72. The Kier molecular flexibility index (Phi) is 4.28. The van der Waals surface area contributed by atoms with Crippen LogP contribution >= 0.6 is 23.1 Å². The number of nitriles is 1. The fourth-order valence-electron chi connectivity index (χ4n) is 2.21. The van der Waals surface area contributed by atoms with Gasteiger partial charge in [0.15, 0.2) is 0 Å². The van der Waals surface area contributed by atoms with Gasteiger partial charge < -0.3 is 5.32 Å². The van der Waals surface area contributed by atoms with Gasteiger partial charge in [-0.25, -0.2) is 0 Å². The molecular formula is C12H16N2S2. The van der Waals surface area contributed by atoms with Crippen molar-refractivity contribution < 1.29 is 0 Å². The normalized spacial score (nSPS) is 24.5. The first-order valence-electron chi connectivity index (χ1n) is 5.58. The van der Waals surface area contributed by atoms with Crippen LogP contribution < -0.4 is 5.32 Å². The molecule has 0 aliphatic heterocycles. The van der Waals surface area contributed by atoms with Gasteiger partial charge in [0.1, 0.15) is 10.9 Å². The summed E-state index contributed by atoms with van der Waals surface area (Å²) in [6.45, 7) is 0.911. The third-order valence-electron chi connectivity index (χ3n) is 3.07. The Bertz CT molecular complexity index is 381. The van der Waals surface area contributed by atoms with Crippen LogP contribution in [-0.4, -0.2) is 17.5 Å². The van der Waals surface area contributed by atoms with Crippen LogP contribution in [0.4, 0.5) is 0 Å². The molecule has 1 saturated carbocycles. The van der Waals surface area contributed by atoms with E-state index in [9.17, 15) is 0 Å². The molecule has 2 nitrogen and oxygen atoms in total. The summed E-state index contributed by atoms with van der Waals surface area (Å²) in [5, 5.41) is 13.1. The van der Waals surface area contributed by atoms with Gasteiger partial charge >= 0.3 is 0 Å². The minimum absolute atomic E-state index is 0.655. The molecule has 2 atom stereocenters. The number of nitrogens with one attached hydrogen (secondary N) is 1. The highest BCUT2D eigenvalue weighted by atomic mass is 32.2. The highest BCUT2D eigenvalue weighted by molar-refractivity contribution is 7.99. The molecule has 0 spiro atoms. The van der Waals surface area contributed by atoms with Crippen molar-refractivity contribution in [2.24, 2.45) is 0 Å². The summed E-state index contributed by atoms with van der Waals surface area (Å²) in [6.07, 6.45) is 6.18. The Hall–Kier alpha value is -0.500. The molecule has 0 bridgehead atoms. The summed E-state index contributed by atoms with van der Waals surface area (Å²) in [5.41, 5.74) is 0. The van der Waals surface area contributed by atoms with E-state index in [4.69, 9.17) is 5.26 Å². The van der Waals surface area contributed by atoms with Crippen LogP contribution in [0.5, 0.6) is 0 Å². The van der Waals surface area contributed by atoms with Crippen molar-refractivity contribution >= 4 is 23.1 Å². The van der Waals surface area contributed by atoms with Crippen molar-refractivity contribution in [2.45, 2.75) is 37.1 Å². The molecule has 1 N–H and O–H groups in total. The molecule has 0 aromatic carbocycles. The van der Waals surface area contributed by atoms with Gasteiger partial charge in [-0.15, -0.1) is 11.3 Å². The number of rotatable bonds is 4. The molecule has 0 saturated heterocycles. The van der Waals surface area contributed by atoms with E-state index in [0.29, 0.717) is 6.04 Å². The standard InChI is InChI=1S/C12H16N2S2/c1-15-12-4-2-3-11(12)14-8-10-6-5-9(7-13)16-10/h5-6,11-12,14H,2-4,8H2,1H3. The Morgan fingerprint density at radius 1 is 1.56 bits per heavy atom. The Morgan fingerprint density at radius 2 is 2.44 bits per heavy atom. The molecule has 1 aromatic rings. The summed E-state index contributed by atoms with van der Waals surface area (Å²) in [6, 6.07) is 6.80. The summed E-state index contributed by atoms with van der Waals surface area (Å²) < 4.78 is 0. The van der Waals surface area contributed by atoms with Crippen LogP contribution in [0.15, 0.2) is 12.1 Å². The fraction of sp³-hybridized carbons (Fsp3) is 0.583. The van der Waals surface area contributed by atoms with Crippen molar-refractivity contribution in [1.82, 2.24) is 5.32 Å². The number of hydrogen-bond acceptors (Lipinski definition) is 4. The van der Waals surface area contributed by atoms with E-state index in [1.807, 2.05) is 17.8 Å². The average Bonchev–Trinajstić information content (AvgIpc) is 2.94. The van der Waals surface area contributed by atoms with Crippen LogP contribution in [0.1, 0.15) is 29.0 Å². The molecule has 1 fully saturated rings. The molecule has 1 aliphatic carbocycles. The third kappa shape index (κ3) is 2.79. The van der Waals surface area contributed by atoms with Gasteiger partial charge in [0.25, 0.3) is 0 Å². The van der Waals surface area contributed by atoms with E-state index in [0.717, 1.165) is 16.7 Å². The predicted octanol–water partition coefficient (Wildman–Crippen LogP) is 2.99. The van der Waals surface area contributed by atoms with Crippen LogP contribution in [0.2, 0.25) is 0 Å². The van der Waals surface area contributed by atoms with Crippen molar-refractivity contribution in [1.29, 1.82) is 5.26 Å². The molecule has 4 heteroatoms. The first-order chi connectivity index (χ1) is 7.83. The maximum absolute atomic E-state index is 8.75. The molecule has 2 unspecified atom stereocenters. The minimum Gasteiger partial charge on any atom is -0.308 e. The monoisotopic (exact) mass is 252 g/mol. The minimum atomic E-state index is 0.655. The third-order valence-corrected chi connectivity index (χ3v) is 5.23. The van der Waals surface area contributed by atoms with Crippen LogP contribution in [0, 0.1) is 11.3 Å². The summed E-state index contributed by atoms with van der Waals surface area (Å²) in [7, 11) is 0. The molecule has 16 heavy (non-hydrogen) atoms. The van der Waals surface area contributed by atoms with Gasteiger partial charge in [0, 0.05) is 22.7 Å². The SMILES string of the molecule is CSC1CCCC1NCc1ccc(C#N)s1. The van der Waals surface area contributed by atoms with Gasteiger partial charge in [-0.05, 0) is 31.2 Å². The molecule has 2 rings (SSSR count). The lowest BCUT2D eigenvalue weighted by molar-refractivity contribution is 0.535. The topological polar surface area (TPSA) is 35.8 Å². The zero-order chi connectivity index (χ0) is 11.4. The van der Waals surface area contributed by atoms with Crippen molar-refractivity contribution in [3.05, 3.63) is 21.9 Å². The summed E-state index contributed by atoms with van der Waals surface area (Å²) >= 11 is 3.57. The average molecular weight is 252 g/mol. The second-order valence-corrected chi connectivity index (χ2v) is 6.32. The maximum Gasteiger partial charge on any atom is 0.110 e. The van der Waals surface area contributed by atoms with Crippen LogP contribution in [-0.2, 0) is 6.54 Å². The molecule has 1 heterocycles. The molecule has 1 aliphatic rings. The second-order valence-electron chi connectivity index (χ2n) is 4.07. The number of hydrogen-bond donors (Lipinski definition) is 1. The fourth-order valence-corrected chi connectivity index (χ4v) is 3.93. The number of thiophene rings is 1. The predicted molar refractivity (Wildman–Crippen MR) is 70.8 cm³/mol. The van der Waals surface area contributed by atoms with Crippen molar-refractivity contribution in [3.8, 4) is 6.07 Å². The number of nitrogens with zero attached hydrogens (tertiary/aromatic N) is 1. The quantitative estimate of drug-likeness (QED) is 0.895. The van der Waals surface area contributed by atoms with E-state index >= 15 is 0 Å². The molecular weight excluding hydrogens is 236 g/mol. The maximum atomic E-state index is 8.75. The summed E-state index contributed by atoms with van der Waals surface area (Å²) in [5.74, 6) is 0. The Labute approximate surface area is 105 Å². The Morgan fingerprint density at radius 3 is 3.12 bits per heavy atom. The van der Waals surface area contributed by atoms with Gasteiger partial charge in [0.05, 0.1) is 0 Å². The zero-order valence-corrected chi connectivity index (χ0v) is 11.0. The molecule has 0 radical (unpaired) electrons. The highest BCUT2D eigenvalue weighted by Crippen LogP contribution is 2.28. The van der Waals surface area contributed by atoms with E-state index in [1.165, 1.54) is 24.1 Å². The summed E-state index contributed by atoms with van der Waals surface area (Å²) in [4.78, 5) is 2.08. The van der Waals surface area contributed by atoms with Crippen molar-refractivity contribution in [3.63, 3.8) is 0 Å². The molecule has 86 valence electrons. The number of thioether (sulfide) groups is 1. The van der Waals surface area contributed by atoms with Gasteiger partial charge in [0.2, 0.25) is 0 Å². The molecule has 0 amide bonds. The lowest BCUT2D eigenvalue weighted by Crippen LogP contribution is -2.33. The van der Waals surface area contributed by atoms with Crippen LogP contribution in [0.3, 0.4) is 0 Å². The van der Waals surface area contributed by atoms with Gasteiger partial charge in [-0.3, -0.25) is 0 Å². The van der Waals surface area contributed by atoms with E-state index in [-0.39, 0.29) is 0 Å². The Balaban J connectivity index is 1.85. The lowest BCUT2D eigenvalue weighted by atomic mass is 10.2.